The molecule has 1 saturated carbocycles. The molecule has 0 saturated heterocycles. The first-order valence-corrected chi connectivity index (χ1v) is 5.45. The van der Waals surface area contributed by atoms with Gasteiger partial charge in [-0.15, -0.1) is 0 Å². The molecule has 1 aliphatic carbocycles. The molecule has 3 heteroatoms. The zero-order valence-corrected chi connectivity index (χ0v) is 9.58. The predicted molar refractivity (Wildman–Crippen MR) is 56.4 cm³/mol. The molecule has 1 fully saturated rings. The summed E-state index contributed by atoms with van der Waals surface area (Å²) in [6, 6.07) is 0. The average molecular weight is 210 g/mol. The molecule has 1 rings (SSSR count). The number of hydrogen-bond donors (Lipinski definition) is 0. The van der Waals surface area contributed by atoms with Crippen molar-refractivity contribution in [1.29, 1.82) is 0 Å². The Hall–Kier alpha value is -0.990. The zero-order chi connectivity index (χ0) is 11.6. The van der Waals surface area contributed by atoms with E-state index in [4.69, 9.17) is 0 Å². The van der Waals surface area contributed by atoms with Gasteiger partial charge in [0.1, 0.15) is 17.9 Å². The third kappa shape index (κ3) is 2.01. The first-order chi connectivity index (χ1) is 6.93. The van der Waals surface area contributed by atoms with Crippen LogP contribution in [-0.4, -0.2) is 17.9 Å². The van der Waals surface area contributed by atoms with Crippen LogP contribution >= 0.6 is 0 Å². The van der Waals surface area contributed by atoms with Crippen LogP contribution in [0.15, 0.2) is 0 Å². The molecule has 0 aromatic heterocycles. The van der Waals surface area contributed by atoms with Gasteiger partial charge < -0.3 is 4.79 Å². The molecule has 84 valence electrons. The van der Waals surface area contributed by atoms with E-state index in [0.29, 0.717) is 12.8 Å². The lowest BCUT2D eigenvalue weighted by molar-refractivity contribution is -0.149. The summed E-state index contributed by atoms with van der Waals surface area (Å²) < 4.78 is 0. The highest BCUT2D eigenvalue weighted by molar-refractivity contribution is 6.10. The Kier molecular flexibility index (Phi) is 3.42. The fourth-order valence-corrected chi connectivity index (χ4v) is 2.55. The molecular formula is C12H18O3. The van der Waals surface area contributed by atoms with E-state index >= 15 is 0 Å². The largest absolute Gasteiger partial charge is 0.303 e. The SMILES string of the molecule is CC1CC(C)C(=O)C(C)(CCC=O)C1=O. The summed E-state index contributed by atoms with van der Waals surface area (Å²) in [4.78, 5) is 34.3. The van der Waals surface area contributed by atoms with Crippen LogP contribution in [-0.2, 0) is 14.4 Å². The highest BCUT2D eigenvalue weighted by atomic mass is 16.2. The van der Waals surface area contributed by atoms with Crippen molar-refractivity contribution in [2.45, 2.75) is 40.0 Å². The Labute approximate surface area is 90.2 Å². The normalized spacial score (nSPS) is 36.7. The number of carbonyl (C=O) groups excluding carboxylic acids is 3. The van der Waals surface area contributed by atoms with Crippen molar-refractivity contribution in [2.75, 3.05) is 0 Å². The maximum absolute atomic E-state index is 12.0. The smallest absolute Gasteiger partial charge is 0.148 e. The Morgan fingerprint density at radius 2 is 1.73 bits per heavy atom. The second-order valence-electron chi connectivity index (χ2n) is 4.80. The van der Waals surface area contributed by atoms with Crippen LogP contribution in [0.5, 0.6) is 0 Å². The van der Waals surface area contributed by atoms with E-state index in [-0.39, 0.29) is 29.8 Å². The van der Waals surface area contributed by atoms with Gasteiger partial charge >= 0.3 is 0 Å². The summed E-state index contributed by atoms with van der Waals surface area (Å²) in [7, 11) is 0. The Balaban J connectivity index is 2.94. The van der Waals surface area contributed by atoms with E-state index in [1.807, 2.05) is 13.8 Å². The molecule has 3 nitrogen and oxygen atoms in total. The number of Topliss-reactive ketones (excluding diaryl/α,β-unsaturated/α-hetero) is 2. The lowest BCUT2D eigenvalue weighted by atomic mass is 9.63. The van der Waals surface area contributed by atoms with E-state index < -0.39 is 5.41 Å². The molecule has 0 heterocycles. The van der Waals surface area contributed by atoms with Gasteiger partial charge in [0.05, 0.1) is 5.41 Å². The molecule has 0 spiro atoms. The summed E-state index contributed by atoms with van der Waals surface area (Å²) in [5.74, 6) is -0.108. The summed E-state index contributed by atoms with van der Waals surface area (Å²) >= 11 is 0. The molecule has 1 aliphatic rings. The van der Waals surface area contributed by atoms with Crippen molar-refractivity contribution in [3.05, 3.63) is 0 Å². The monoisotopic (exact) mass is 210 g/mol. The van der Waals surface area contributed by atoms with Crippen molar-refractivity contribution in [2.24, 2.45) is 17.3 Å². The highest BCUT2D eigenvalue weighted by Crippen LogP contribution is 2.39. The van der Waals surface area contributed by atoms with E-state index in [2.05, 4.69) is 0 Å². The van der Waals surface area contributed by atoms with Gasteiger partial charge in [0.2, 0.25) is 0 Å². The van der Waals surface area contributed by atoms with Crippen LogP contribution in [0, 0.1) is 17.3 Å². The second-order valence-corrected chi connectivity index (χ2v) is 4.80. The molecule has 0 radical (unpaired) electrons. The quantitative estimate of drug-likeness (QED) is 0.527. The lowest BCUT2D eigenvalue weighted by Gasteiger charge is -2.37. The second kappa shape index (κ2) is 4.25. The average Bonchev–Trinajstić information content (AvgIpc) is 2.21. The molecule has 2 atom stereocenters. The number of rotatable bonds is 3. The maximum Gasteiger partial charge on any atom is 0.148 e. The summed E-state index contributed by atoms with van der Waals surface area (Å²) in [6.07, 6.45) is 2.07. The van der Waals surface area contributed by atoms with E-state index in [0.717, 1.165) is 6.29 Å². The first-order valence-electron chi connectivity index (χ1n) is 5.45. The molecule has 0 aromatic carbocycles. The lowest BCUT2D eigenvalue weighted by Crippen LogP contribution is -2.47. The number of aldehydes is 1. The molecule has 0 aliphatic heterocycles. The van der Waals surface area contributed by atoms with Gasteiger partial charge in [-0.25, -0.2) is 0 Å². The topological polar surface area (TPSA) is 51.2 Å². The molecule has 0 amide bonds. The van der Waals surface area contributed by atoms with E-state index in [1.54, 1.807) is 6.92 Å². The van der Waals surface area contributed by atoms with Crippen molar-refractivity contribution >= 4 is 17.9 Å². The van der Waals surface area contributed by atoms with Crippen molar-refractivity contribution in [1.82, 2.24) is 0 Å². The minimum atomic E-state index is -0.919. The molecule has 0 aromatic rings. The number of hydrogen-bond acceptors (Lipinski definition) is 3. The third-order valence-electron chi connectivity index (χ3n) is 3.45. The fraction of sp³-hybridized carbons (Fsp3) is 0.750. The number of carbonyl (C=O) groups is 3. The van der Waals surface area contributed by atoms with Crippen LogP contribution in [0.25, 0.3) is 0 Å². The molecule has 0 N–H and O–H groups in total. The van der Waals surface area contributed by atoms with Crippen molar-refractivity contribution < 1.29 is 14.4 Å². The molecular weight excluding hydrogens is 192 g/mol. The predicted octanol–water partition coefficient (Wildman–Crippen LogP) is 1.79. The summed E-state index contributed by atoms with van der Waals surface area (Å²) in [5.41, 5.74) is -0.919. The summed E-state index contributed by atoms with van der Waals surface area (Å²) in [5, 5.41) is 0. The van der Waals surface area contributed by atoms with Crippen LogP contribution in [0.4, 0.5) is 0 Å². The van der Waals surface area contributed by atoms with Crippen LogP contribution in [0.3, 0.4) is 0 Å². The zero-order valence-electron chi connectivity index (χ0n) is 9.58. The van der Waals surface area contributed by atoms with Crippen LogP contribution in [0.2, 0.25) is 0 Å². The van der Waals surface area contributed by atoms with E-state index in [9.17, 15) is 14.4 Å². The fourth-order valence-electron chi connectivity index (χ4n) is 2.55. The first kappa shape index (κ1) is 12.1. The van der Waals surface area contributed by atoms with Crippen LogP contribution in [0.1, 0.15) is 40.0 Å². The molecule has 15 heavy (non-hydrogen) atoms. The van der Waals surface area contributed by atoms with Gasteiger partial charge in [-0.3, -0.25) is 9.59 Å². The van der Waals surface area contributed by atoms with Gasteiger partial charge in [-0.05, 0) is 19.8 Å². The molecule has 0 bridgehead atoms. The third-order valence-corrected chi connectivity index (χ3v) is 3.45. The Bertz CT molecular complexity index is 273. The van der Waals surface area contributed by atoms with Gasteiger partial charge in [-0.1, -0.05) is 13.8 Å². The highest BCUT2D eigenvalue weighted by Gasteiger charge is 2.48. The van der Waals surface area contributed by atoms with Crippen molar-refractivity contribution in [3.8, 4) is 0 Å². The van der Waals surface area contributed by atoms with Gasteiger partial charge in [-0.2, -0.15) is 0 Å². The van der Waals surface area contributed by atoms with Gasteiger partial charge in [0.25, 0.3) is 0 Å². The van der Waals surface area contributed by atoms with Gasteiger partial charge in [0.15, 0.2) is 0 Å². The Morgan fingerprint density at radius 3 is 2.13 bits per heavy atom. The van der Waals surface area contributed by atoms with Crippen LogP contribution < -0.4 is 0 Å². The minimum absolute atomic E-state index is 0.00690. The molecule has 2 unspecified atom stereocenters. The standard InChI is InChI=1S/C12H18O3/c1-8-7-9(2)11(15)12(3,10(8)14)5-4-6-13/h6,8-9H,4-5,7H2,1-3H3. The Morgan fingerprint density at radius 1 is 1.27 bits per heavy atom. The summed E-state index contributed by atoms with van der Waals surface area (Å²) in [6.45, 7) is 5.42. The maximum atomic E-state index is 12.0. The van der Waals surface area contributed by atoms with Gasteiger partial charge in [0, 0.05) is 18.3 Å². The van der Waals surface area contributed by atoms with Crippen molar-refractivity contribution in [3.63, 3.8) is 0 Å². The minimum Gasteiger partial charge on any atom is -0.303 e. The number of ketones is 2. The van der Waals surface area contributed by atoms with E-state index in [1.165, 1.54) is 0 Å².